The molecule has 0 fully saturated rings. The Labute approximate surface area is 119 Å². The number of nitrogens with one attached hydrogen (secondary N) is 2. The van der Waals surface area contributed by atoms with Gasteiger partial charge < -0.3 is 10.6 Å². The van der Waals surface area contributed by atoms with Crippen molar-refractivity contribution in [3.8, 4) is 0 Å². The first-order valence-corrected chi connectivity index (χ1v) is 6.93. The van der Waals surface area contributed by atoms with Gasteiger partial charge in [-0.25, -0.2) is 15.0 Å². The highest BCUT2D eigenvalue weighted by atomic mass is 15.0. The molecule has 0 aromatic carbocycles. The molecule has 5 nitrogen and oxygen atoms in total. The summed E-state index contributed by atoms with van der Waals surface area (Å²) in [5.74, 6) is 2.16. The second-order valence-corrected chi connectivity index (χ2v) is 4.92. The van der Waals surface area contributed by atoms with Crippen LogP contribution in [0.4, 0.5) is 11.6 Å². The Kier molecular flexibility index (Phi) is 4.87. The van der Waals surface area contributed by atoms with Crippen LogP contribution in [0.15, 0.2) is 30.7 Å². The molecule has 20 heavy (non-hydrogen) atoms. The summed E-state index contributed by atoms with van der Waals surface area (Å²) in [5.41, 5.74) is 2.21. The van der Waals surface area contributed by atoms with Gasteiger partial charge in [0.1, 0.15) is 18.0 Å². The smallest absolute Gasteiger partial charge is 0.129 e. The fourth-order valence-corrected chi connectivity index (χ4v) is 1.84. The molecule has 0 aliphatic carbocycles. The summed E-state index contributed by atoms with van der Waals surface area (Å²) in [7, 11) is 0. The van der Waals surface area contributed by atoms with Gasteiger partial charge in [-0.05, 0) is 30.5 Å². The molecule has 2 rings (SSSR count). The van der Waals surface area contributed by atoms with E-state index >= 15 is 0 Å². The molecule has 106 valence electrons. The third-order valence-corrected chi connectivity index (χ3v) is 2.94. The third kappa shape index (κ3) is 3.91. The largest absolute Gasteiger partial charge is 0.370 e. The van der Waals surface area contributed by atoms with Gasteiger partial charge >= 0.3 is 0 Å². The molecular formula is C15H21N5. The molecule has 2 N–H and O–H groups in total. The average Bonchev–Trinajstić information content (AvgIpc) is 2.46. The van der Waals surface area contributed by atoms with Crippen LogP contribution in [0.2, 0.25) is 0 Å². The van der Waals surface area contributed by atoms with E-state index in [9.17, 15) is 0 Å². The molecule has 0 saturated heterocycles. The number of pyridine rings is 1. The fourth-order valence-electron chi connectivity index (χ4n) is 1.84. The van der Waals surface area contributed by atoms with Gasteiger partial charge in [0.05, 0.1) is 0 Å². The number of hydrogen-bond donors (Lipinski definition) is 2. The second kappa shape index (κ2) is 6.84. The van der Waals surface area contributed by atoms with E-state index in [2.05, 4.69) is 46.4 Å². The van der Waals surface area contributed by atoms with Crippen LogP contribution in [0.3, 0.4) is 0 Å². The van der Waals surface area contributed by atoms with Crippen LogP contribution in [-0.4, -0.2) is 21.5 Å². The Balaban J connectivity index is 2.01. The maximum atomic E-state index is 4.26. The molecule has 2 aromatic heterocycles. The van der Waals surface area contributed by atoms with Crippen LogP contribution in [-0.2, 0) is 6.54 Å². The Morgan fingerprint density at radius 2 is 1.85 bits per heavy atom. The van der Waals surface area contributed by atoms with Crippen molar-refractivity contribution in [1.82, 2.24) is 15.0 Å². The predicted octanol–water partition coefficient (Wildman–Crippen LogP) is 3.04. The Hall–Kier alpha value is -2.17. The Bertz CT molecular complexity index is 553. The molecule has 0 spiro atoms. The molecule has 0 aliphatic rings. The van der Waals surface area contributed by atoms with Crippen molar-refractivity contribution in [2.24, 2.45) is 0 Å². The minimum Gasteiger partial charge on any atom is -0.370 e. The highest BCUT2D eigenvalue weighted by Gasteiger charge is 2.03. The quantitative estimate of drug-likeness (QED) is 0.845. The second-order valence-electron chi connectivity index (χ2n) is 4.92. The van der Waals surface area contributed by atoms with E-state index in [1.807, 2.05) is 24.4 Å². The van der Waals surface area contributed by atoms with Crippen molar-refractivity contribution in [2.75, 3.05) is 17.2 Å². The first kappa shape index (κ1) is 14.2. The van der Waals surface area contributed by atoms with Gasteiger partial charge in [0.25, 0.3) is 0 Å². The van der Waals surface area contributed by atoms with Crippen LogP contribution in [0.25, 0.3) is 0 Å². The number of aromatic nitrogens is 3. The van der Waals surface area contributed by atoms with Crippen LogP contribution in [0.5, 0.6) is 0 Å². The lowest BCUT2D eigenvalue weighted by Gasteiger charge is -2.09. The number of anilines is 2. The molecule has 0 saturated carbocycles. The van der Waals surface area contributed by atoms with E-state index in [1.54, 1.807) is 6.33 Å². The topological polar surface area (TPSA) is 62.7 Å². The molecule has 0 bridgehead atoms. The molecule has 0 unspecified atom stereocenters. The summed E-state index contributed by atoms with van der Waals surface area (Å²) in [5, 5.41) is 6.52. The van der Waals surface area contributed by atoms with Gasteiger partial charge in [-0.2, -0.15) is 0 Å². The van der Waals surface area contributed by atoms with Gasteiger partial charge in [0, 0.05) is 31.0 Å². The molecule has 2 heterocycles. The standard InChI is InChI=1S/C15H21N5/c1-4-16-14-7-12(5-6-17-14)9-18-15-8-13(11(2)3)19-10-20-15/h5-8,10-11H,4,9H2,1-3H3,(H,16,17)(H,18,19,20). The Morgan fingerprint density at radius 3 is 2.60 bits per heavy atom. The van der Waals surface area contributed by atoms with E-state index in [0.717, 1.165) is 30.4 Å². The summed E-state index contributed by atoms with van der Waals surface area (Å²) < 4.78 is 0. The van der Waals surface area contributed by atoms with Crippen molar-refractivity contribution in [1.29, 1.82) is 0 Å². The average molecular weight is 271 g/mol. The van der Waals surface area contributed by atoms with Gasteiger partial charge in [-0.15, -0.1) is 0 Å². The molecule has 0 atom stereocenters. The van der Waals surface area contributed by atoms with Crippen LogP contribution in [0, 0.1) is 0 Å². The molecule has 5 heteroatoms. The summed E-state index contributed by atoms with van der Waals surface area (Å²) in [4.78, 5) is 12.8. The van der Waals surface area contributed by atoms with E-state index < -0.39 is 0 Å². The summed E-state index contributed by atoms with van der Waals surface area (Å²) >= 11 is 0. The third-order valence-electron chi connectivity index (χ3n) is 2.94. The van der Waals surface area contributed by atoms with Gasteiger partial charge in [-0.1, -0.05) is 13.8 Å². The van der Waals surface area contributed by atoms with Crippen molar-refractivity contribution >= 4 is 11.6 Å². The zero-order valence-electron chi connectivity index (χ0n) is 12.2. The Morgan fingerprint density at radius 1 is 1.05 bits per heavy atom. The van der Waals surface area contributed by atoms with E-state index in [1.165, 1.54) is 5.56 Å². The summed E-state index contributed by atoms with van der Waals surface area (Å²) in [6, 6.07) is 6.04. The summed E-state index contributed by atoms with van der Waals surface area (Å²) in [6.45, 7) is 7.89. The minimum atomic E-state index is 0.403. The lowest BCUT2D eigenvalue weighted by Crippen LogP contribution is -2.05. The maximum absolute atomic E-state index is 4.26. The molecule has 0 amide bonds. The normalized spacial score (nSPS) is 10.6. The lowest BCUT2D eigenvalue weighted by molar-refractivity contribution is 0.813. The van der Waals surface area contributed by atoms with Gasteiger partial charge in [0.2, 0.25) is 0 Å². The van der Waals surface area contributed by atoms with E-state index in [-0.39, 0.29) is 0 Å². The highest BCUT2D eigenvalue weighted by Crippen LogP contribution is 2.14. The fraction of sp³-hybridized carbons (Fsp3) is 0.400. The maximum Gasteiger partial charge on any atom is 0.129 e. The van der Waals surface area contributed by atoms with Crippen molar-refractivity contribution < 1.29 is 0 Å². The van der Waals surface area contributed by atoms with Crippen molar-refractivity contribution in [3.63, 3.8) is 0 Å². The van der Waals surface area contributed by atoms with Gasteiger partial charge in [0.15, 0.2) is 0 Å². The molecule has 2 aromatic rings. The van der Waals surface area contributed by atoms with Crippen LogP contribution < -0.4 is 10.6 Å². The molecule has 0 aliphatic heterocycles. The molecular weight excluding hydrogens is 250 g/mol. The lowest BCUT2D eigenvalue weighted by atomic mass is 10.1. The zero-order valence-corrected chi connectivity index (χ0v) is 12.2. The summed E-state index contributed by atoms with van der Waals surface area (Å²) in [6.07, 6.45) is 3.42. The van der Waals surface area contributed by atoms with Crippen molar-refractivity contribution in [3.05, 3.63) is 42.0 Å². The van der Waals surface area contributed by atoms with Crippen LogP contribution >= 0.6 is 0 Å². The van der Waals surface area contributed by atoms with E-state index in [4.69, 9.17) is 0 Å². The first-order valence-electron chi connectivity index (χ1n) is 6.93. The minimum absolute atomic E-state index is 0.403. The van der Waals surface area contributed by atoms with Gasteiger partial charge in [-0.3, -0.25) is 0 Å². The van der Waals surface area contributed by atoms with Crippen molar-refractivity contribution in [2.45, 2.75) is 33.2 Å². The number of hydrogen-bond acceptors (Lipinski definition) is 5. The predicted molar refractivity (Wildman–Crippen MR) is 81.8 cm³/mol. The van der Waals surface area contributed by atoms with Crippen LogP contribution in [0.1, 0.15) is 37.9 Å². The number of nitrogens with zero attached hydrogens (tertiary/aromatic N) is 3. The monoisotopic (exact) mass is 271 g/mol. The first-order chi connectivity index (χ1) is 9.69. The zero-order chi connectivity index (χ0) is 14.4. The number of rotatable bonds is 6. The highest BCUT2D eigenvalue weighted by molar-refractivity contribution is 5.40. The molecule has 0 radical (unpaired) electrons. The SMILES string of the molecule is CCNc1cc(CNc2cc(C(C)C)ncn2)ccn1. The van der Waals surface area contributed by atoms with E-state index in [0.29, 0.717) is 5.92 Å².